The van der Waals surface area contributed by atoms with Crippen molar-refractivity contribution >= 4 is 12.4 Å². The number of nitrogens with one attached hydrogen (secondary N) is 3. The Hall–Kier alpha value is 0.793. The Balaban J connectivity index is 0. The van der Waals surface area contributed by atoms with Crippen molar-refractivity contribution in [1.82, 2.24) is 16.0 Å². The van der Waals surface area contributed by atoms with Crippen LogP contribution in [-0.2, 0) is 19.5 Å². The zero-order valence-electron chi connectivity index (χ0n) is 12.5. The Bertz CT molecular complexity index is 98.1. The van der Waals surface area contributed by atoms with Gasteiger partial charge < -0.3 is 16.0 Å². The topological polar surface area (TPSA) is 36.1 Å². The SMILES string of the molecule is Cl.[CH-]1CCCCN1.[CH-]1CCCCN1.[CH-]1CCCCN1.[Ru+3]. The molecule has 3 N–H and O–H groups in total. The average molecular weight is 390 g/mol. The second-order valence-corrected chi connectivity index (χ2v) is 4.96. The largest absolute Gasteiger partial charge is 3.00 e. The predicted octanol–water partition coefficient (Wildman–Crippen LogP) is 3.18. The van der Waals surface area contributed by atoms with Crippen molar-refractivity contribution in [2.45, 2.75) is 57.8 Å². The van der Waals surface area contributed by atoms with Gasteiger partial charge in [0.05, 0.1) is 0 Å². The zero-order valence-corrected chi connectivity index (χ0v) is 15.0. The van der Waals surface area contributed by atoms with Crippen molar-refractivity contribution in [3.8, 4) is 0 Å². The maximum atomic E-state index is 3.16. The summed E-state index contributed by atoms with van der Waals surface area (Å²) in [6.07, 6.45) is 12.0. The molecule has 0 aromatic heterocycles. The summed E-state index contributed by atoms with van der Waals surface area (Å²) < 4.78 is 0. The van der Waals surface area contributed by atoms with E-state index in [4.69, 9.17) is 0 Å². The van der Waals surface area contributed by atoms with Crippen molar-refractivity contribution in [2.24, 2.45) is 0 Å². The monoisotopic (exact) mass is 390 g/mol. The maximum Gasteiger partial charge on any atom is 3.00 e. The second kappa shape index (κ2) is 19.8. The Morgan fingerprint density at radius 2 is 0.800 bits per heavy atom. The molecule has 0 amide bonds. The molecule has 0 atom stereocenters. The normalized spacial score (nSPS) is 21.6. The molecular formula is C15H31ClN3Ru. The summed E-state index contributed by atoms with van der Waals surface area (Å²) >= 11 is 0. The molecular weight excluding hydrogens is 359 g/mol. The quantitative estimate of drug-likeness (QED) is 0.440. The molecule has 0 aromatic rings. The van der Waals surface area contributed by atoms with Crippen LogP contribution < -0.4 is 16.0 Å². The van der Waals surface area contributed by atoms with Gasteiger partial charge in [-0.05, 0) is 38.9 Å². The smallest absolute Gasteiger partial charge is 0.470 e. The molecule has 20 heavy (non-hydrogen) atoms. The minimum absolute atomic E-state index is 0. The van der Waals surface area contributed by atoms with E-state index in [0.717, 1.165) is 0 Å². The summed E-state index contributed by atoms with van der Waals surface area (Å²) in [4.78, 5) is 0. The van der Waals surface area contributed by atoms with Gasteiger partial charge >= 0.3 is 19.5 Å². The van der Waals surface area contributed by atoms with Gasteiger partial charge in [0.1, 0.15) is 0 Å². The van der Waals surface area contributed by atoms with Crippen LogP contribution in [0.15, 0.2) is 0 Å². The molecule has 3 rings (SSSR count). The number of rotatable bonds is 0. The van der Waals surface area contributed by atoms with E-state index in [-0.39, 0.29) is 31.9 Å². The fraction of sp³-hybridized carbons (Fsp3) is 0.800. The summed E-state index contributed by atoms with van der Waals surface area (Å²) in [5, 5.41) is 9.48. The molecule has 121 valence electrons. The van der Waals surface area contributed by atoms with Crippen LogP contribution in [0.25, 0.3) is 0 Å². The Morgan fingerprint density at radius 3 is 0.850 bits per heavy atom. The molecule has 3 aliphatic heterocycles. The first-order valence-corrected chi connectivity index (χ1v) is 7.65. The van der Waals surface area contributed by atoms with E-state index in [1.54, 1.807) is 0 Å². The van der Waals surface area contributed by atoms with Crippen molar-refractivity contribution in [3.05, 3.63) is 19.6 Å². The minimum atomic E-state index is 0. The molecule has 0 bridgehead atoms. The molecule has 3 heterocycles. The summed E-state index contributed by atoms with van der Waals surface area (Å²) in [6.45, 7) is 10.0. The van der Waals surface area contributed by atoms with Crippen LogP contribution in [0.3, 0.4) is 0 Å². The molecule has 3 nitrogen and oxygen atoms in total. The second-order valence-electron chi connectivity index (χ2n) is 4.96. The first kappa shape index (κ1) is 23.1. The molecule has 0 aromatic carbocycles. The van der Waals surface area contributed by atoms with Crippen LogP contribution >= 0.6 is 12.4 Å². The van der Waals surface area contributed by atoms with Gasteiger partial charge in [0.15, 0.2) is 0 Å². The fourth-order valence-electron chi connectivity index (χ4n) is 2.03. The molecule has 0 unspecified atom stereocenters. The van der Waals surface area contributed by atoms with E-state index in [0.29, 0.717) is 0 Å². The molecule has 3 fully saturated rings. The standard InChI is InChI=1S/3C5H10N.ClH.Ru/c3*1-2-4-6-5-3-1;;/h3*4,6H,1-3,5H2;1H;/q3*-1;;+3. The summed E-state index contributed by atoms with van der Waals surface area (Å²) in [5.74, 6) is 0. The maximum absolute atomic E-state index is 3.16. The fourth-order valence-corrected chi connectivity index (χ4v) is 2.03. The molecule has 0 saturated carbocycles. The van der Waals surface area contributed by atoms with Gasteiger partial charge in [-0.2, -0.15) is 19.3 Å². The van der Waals surface area contributed by atoms with Gasteiger partial charge in [0, 0.05) is 0 Å². The number of hydrogen-bond acceptors (Lipinski definition) is 3. The van der Waals surface area contributed by atoms with Gasteiger partial charge in [0.2, 0.25) is 0 Å². The van der Waals surface area contributed by atoms with Crippen LogP contribution in [-0.4, -0.2) is 19.6 Å². The van der Waals surface area contributed by atoms with Crippen LogP contribution in [0.1, 0.15) is 57.8 Å². The summed E-state index contributed by atoms with van der Waals surface area (Å²) in [6, 6.07) is 0. The van der Waals surface area contributed by atoms with Crippen LogP contribution in [0, 0.1) is 19.6 Å². The van der Waals surface area contributed by atoms with Crippen molar-refractivity contribution in [1.29, 1.82) is 0 Å². The van der Waals surface area contributed by atoms with Crippen LogP contribution in [0.5, 0.6) is 0 Å². The number of piperidine rings is 3. The summed E-state index contributed by atoms with van der Waals surface area (Å²) in [5.41, 5.74) is 0. The first-order chi connectivity index (χ1) is 9.00. The van der Waals surface area contributed by atoms with Gasteiger partial charge in [-0.1, -0.05) is 19.3 Å². The Labute approximate surface area is 145 Å². The van der Waals surface area contributed by atoms with Gasteiger partial charge in [-0.15, -0.1) is 12.4 Å². The molecule has 0 aliphatic carbocycles. The van der Waals surface area contributed by atoms with E-state index in [9.17, 15) is 0 Å². The molecule has 0 spiro atoms. The van der Waals surface area contributed by atoms with Gasteiger partial charge in [-0.3, -0.25) is 19.6 Å². The van der Waals surface area contributed by atoms with E-state index in [1.807, 2.05) is 0 Å². The minimum Gasteiger partial charge on any atom is -0.470 e. The first-order valence-electron chi connectivity index (χ1n) is 7.65. The van der Waals surface area contributed by atoms with Crippen LogP contribution in [0.2, 0.25) is 0 Å². The third-order valence-corrected chi connectivity index (χ3v) is 3.19. The zero-order chi connectivity index (χ0) is 12.7. The van der Waals surface area contributed by atoms with E-state index < -0.39 is 0 Å². The van der Waals surface area contributed by atoms with E-state index in [2.05, 4.69) is 35.6 Å². The van der Waals surface area contributed by atoms with Gasteiger partial charge in [0.25, 0.3) is 0 Å². The van der Waals surface area contributed by atoms with Crippen LogP contribution in [0.4, 0.5) is 0 Å². The molecule has 3 saturated heterocycles. The molecule has 3 aliphatic rings. The summed E-state index contributed by atoms with van der Waals surface area (Å²) in [7, 11) is 0. The molecule has 5 heteroatoms. The average Bonchev–Trinajstić information content (AvgIpc) is 2.54. The van der Waals surface area contributed by atoms with Crippen molar-refractivity contribution < 1.29 is 19.5 Å². The Kier molecular flexibility index (Phi) is 22.8. The predicted molar refractivity (Wildman–Crippen MR) is 85.7 cm³/mol. The number of halogens is 1. The Morgan fingerprint density at radius 1 is 0.500 bits per heavy atom. The molecule has 1 radical (unpaired) electrons. The third-order valence-electron chi connectivity index (χ3n) is 3.19. The van der Waals surface area contributed by atoms with Gasteiger partial charge in [-0.25, -0.2) is 0 Å². The van der Waals surface area contributed by atoms with Crippen molar-refractivity contribution in [3.63, 3.8) is 0 Å². The van der Waals surface area contributed by atoms with E-state index >= 15 is 0 Å². The van der Waals surface area contributed by atoms with E-state index in [1.165, 1.54) is 77.4 Å². The number of hydrogen-bond donors (Lipinski definition) is 3. The van der Waals surface area contributed by atoms with Crippen molar-refractivity contribution in [2.75, 3.05) is 19.6 Å². The third kappa shape index (κ3) is 16.8.